The summed E-state index contributed by atoms with van der Waals surface area (Å²) in [5.41, 5.74) is 1.98. The third-order valence-electron chi connectivity index (χ3n) is 2.19. The fourth-order valence-electron chi connectivity index (χ4n) is 1.28. The van der Waals surface area contributed by atoms with E-state index in [4.69, 9.17) is 5.11 Å². The highest BCUT2D eigenvalue weighted by atomic mass is 16.3. The lowest BCUT2D eigenvalue weighted by Crippen LogP contribution is -1.97. The van der Waals surface area contributed by atoms with Gasteiger partial charge in [0, 0.05) is 24.7 Å². The smallest absolute Gasteiger partial charge is 0.0715 e. The van der Waals surface area contributed by atoms with E-state index in [-0.39, 0.29) is 6.61 Å². The summed E-state index contributed by atoms with van der Waals surface area (Å²) in [7, 11) is 1.88. The Morgan fingerprint density at radius 2 is 2.33 bits per heavy atom. The minimum absolute atomic E-state index is 0.0908. The van der Waals surface area contributed by atoms with Gasteiger partial charge in [0.25, 0.3) is 0 Å². The summed E-state index contributed by atoms with van der Waals surface area (Å²) in [6.07, 6.45) is 2.94. The molecule has 0 aromatic carbocycles. The van der Waals surface area contributed by atoms with Crippen LogP contribution in [0.15, 0.2) is 6.20 Å². The molecular weight excluding hydrogens is 152 g/mol. The zero-order valence-electron chi connectivity index (χ0n) is 7.91. The second-order valence-electron chi connectivity index (χ2n) is 3.18. The van der Waals surface area contributed by atoms with Crippen LogP contribution in [-0.4, -0.2) is 14.9 Å². The molecule has 1 rings (SSSR count). The van der Waals surface area contributed by atoms with Gasteiger partial charge in [0.1, 0.15) is 0 Å². The first kappa shape index (κ1) is 9.26. The maximum atomic E-state index is 9.02. The molecule has 0 bridgehead atoms. The normalized spacial score (nSPS) is 13.3. The Bertz CT molecular complexity index is 255. The molecule has 0 radical (unpaired) electrons. The average molecular weight is 168 g/mol. The Balaban J connectivity index is 2.96. The number of aromatic nitrogens is 2. The maximum absolute atomic E-state index is 9.02. The number of nitrogens with zero attached hydrogens (tertiary/aromatic N) is 2. The second kappa shape index (κ2) is 3.72. The molecule has 0 saturated carbocycles. The molecular formula is C9H16N2O. The summed E-state index contributed by atoms with van der Waals surface area (Å²) in [6.45, 7) is 4.34. The first-order valence-corrected chi connectivity index (χ1v) is 4.32. The zero-order chi connectivity index (χ0) is 9.14. The van der Waals surface area contributed by atoms with Gasteiger partial charge in [0.15, 0.2) is 0 Å². The van der Waals surface area contributed by atoms with Crippen molar-refractivity contribution in [3.63, 3.8) is 0 Å². The van der Waals surface area contributed by atoms with Gasteiger partial charge in [-0.1, -0.05) is 13.8 Å². The van der Waals surface area contributed by atoms with Crippen LogP contribution in [-0.2, 0) is 13.7 Å². The van der Waals surface area contributed by atoms with E-state index in [9.17, 15) is 0 Å². The van der Waals surface area contributed by atoms with Crippen molar-refractivity contribution in [2.24, 2.45) is 7.05 Å². The molecule has 1 N–H and O–H groups in total. The van der Waals surface area contributed by atoms with Crippen LogP contribution in [0.5, 0.6) is 0 Å². The minimum atomic E-state index is 0.0908. The first-order valence-electron chi connectivity index (χ1n) is 4.32. The van der Waals surface area contributed by atoms with E-state index in [1.165, 1.54) is 0 Å². The van der Waals surface area contributed by atoms with E-state index in [0.717, 1.165) is 17.7 Å². The van der Waals surface area contributed by atoms with Crippen LogP contribution in [0.25, 0.3) is 0 Å². The highest BCUT2D eigenvalue weighted by Gasteiger charge is 2.11. The molecule has 12 heavy (non-hydrogen) atoms. The number of aliphatic hydroxyl groups is 1. The molecule has 0 aliphatic rings. The minimum Gasteiger partial charge on any atom is -0.392 e. The van der Waals surface area contributed by atoms with E-state index in [1.807, 2.05) is 13.2 Å². The topological polar surface area (TPSA) is 38.0 Å². The van der Waals surface area contributed by atoms with E-state index < -0.39 is 0 Å². The molecule has 3 heteroatoms. The van der Waals surface area contributed by atoms with Crippen molar-refractivity contribution >= 4 is 0 Å². The number of hydrogen-bond donors (Lipinski definition) is 1. The largest absolute Gasteiger partial charge is 0.392 e. The lowest BCUT2D eigenvalue weighted by Gasteiger charge is -2.05. The first-order chi connectivity index (χ1) is 5.69. The number of aryl methyl sites for hydroxylation is 1. The molecule has 0 aliphatic carbocycles. The predicted octanol–water partition coefficient (Wildman–Crippen LogP) is 1.43. The number of hydrogen-bond acceptors (Lipinski definition) is 2. The van der Waals surface area contributed by atoms with Crippen molar-refractivity contribution in [3.8, 4) is 0 Å². The van der Waals surface area contributed by atoms with Crippen molar-refractivity contribution in [2.45, 2.75) is 32.8 Å². The molecule has 1 atom stereocenters. The predicted molar refractivity (Wildman–Crippen MR) is 47.8 cm³/mol. The van der Waals surface area contributed by atoms with E-state index in [0.29, 0.717) is 5.92 Å². The average Bonchev–Trinajstić information content (AvgIpc) is 2.45. The Hall–Kier alpha value is -0.830. The van der Waals surface area contributed by atoms with Crippen molar-refractivity contribution < 1.29 is 5.11 Å². The summed E-state index contributed by atoms with van der Waals surface area (Å²) in [6, 6.07) is 0. The van der Waals surface area contributed by atoms with Crippen LogP contribution in [0.4, 0.5) is 0 Å². The molecule has 1 unspecified atom stereocenters. The summed E-state index contributed by atoms with van der Waals surface area (Å²) in [4.78, 5) is 0. The van der Waals surface area contributed by atoms with Gasteiger partial charge < -0.3 is 5.11 Å². The molecule has 0 spiro atoms. The Labute approximate surface area is 73.0 Å². The van der Waals surface area contributed by atoms with Crippen LogP contribution < -0.4 is 0 Å². The van der Waals surface area contributed by atoms with Gasteiger partial charge in [0.2, 0.25) is 0 Å². The van der Waals surface area contributed by atoms with Crippen LogP contribution in [0.2, 0.25) is 0 Å². The van der Waals surface area contributed by atoms with Crippen LogP contribution >= 0.6 is 0 Å². The second-order valence-corrected chi connectivity index (χ2v) is 3.18. The Kier molecular flexibility index (Phi) is 2.87. The lowest BCUT2D eigenvalue weighted by atomic mass is 10.0. The summed E-state index contributed by atoms with van der Waals surface area (Å²) in [5.74, 6) is 0.438. The quantitative estimate of drug-likeness (QED) is 0.741. The van der Waals surface area contributed by atoms with E-state index >= 15 is 0 Å². The molecule has 0 fully saturated rings. The van der Waals surface area contributed by atoms with Gasteiger partial charge >= 0.3 is 0 Å². The number of aliphatic hydroxyl groups excluding tert-OH is 1. The van der Waals surface area contributed by atoms with E-state index in [1.54, 1.807) is 4.68 Å². The standard InChI is InChI=1S/C9H16N2O/c1-4-7(2)9-8(6-12)5-11(3)10-9/h5,7,12H,4,6H2,1-3H3. The molecule has 1 aromatic rings. The fraction of sp³-hybridized carbons (Fsp3) is 0.667. The molecule has 0 amide bonds. The van der Waals surface area contributed by atoms with Gasteiger partial charge in [-0.05, 0) is 6.42 Å². The Morgan fingerprint density at radius 3 is 2.83 bits per heavy atom. The monoisotopic (exact) mass is 168 g/mol. The van der Waals surface area contributed by atoms with Gasteiger partial charge in [-0.3, -0.25) is 4.68 Å². The highest BCUT2D eigenvalue weighted by molar-refractivity contribution is 5.19. The fourth-order valence-corrected chi connectivity index (χ4v) is 1.28. The van der Waals surface area contributed by atoms with Crippen molar-refractivity contribution in [3.05, 3.63) is 17.5 Å². The lowest BCUT2D eigenvalue weighted by molar-refractivity contribution is 0.280. The van der Waals surface area contributed by atoms with Crippen LogP contribution in [0.1, 0.15) is 37.4 Å². The van der Waals surface area contributed by atoms with Crippen LogP contribution in [0, 0.1) is 0 Å². The van der Waals surface area contributed by atoms with Gasteiger partial charge in [-0.15, -0.1) is 0 Å². The van der Waals surface area contributed by atoms with Gasteiger partial charge in [-0.2, -0.15) is 5.10 Å². The molecule has 1 heterocycles. The molecule has 0 aliphatic heterocycles. The molecule has 3 nitrogen and oxygen atoms in total. The number of rotatable bonds is 3. The van der Waals surface area contributed by atoms with E-state index in [2.05, 4.69) is 18.9 Å². The summed E-state index contributed by atoms with van der Waals surface area (Å²) in [5, 5.41) is 13.3. The Morgan fingerprint density at radius 1 is 1.67 bits per heavy atom. The van der Waals surface area contributed by atoms with Crippen molar-refractivity contribution in [1.82, 2.24) is 9.78 Å². The van der Waals surface area contributed by atoms with Crippen molar-refractivity contribution in [1.29, 1.82) is 0 Å². The molecule has 1 aromatic heterocycles. The third-order valence-corrected chi connectivity index (χ3v) is 2.19. The zero-order valence-corrected chi connectivity index (χ0v) is 7.91. The maximum Gasteiger partial charge on any atom is 0.0715 e. The summed E-state index contributed by atoms with van der Waals surface area (Å²) >= 11 is 0. The van der Waals surface area contributed by atoms with Gasteiger partial charge in [-0.25, -0.2) is 0 Å². The van der Waals surface area contributed by atoms with Gasteiger partial charge in [0.05, 0.1) is 12.3 Å². The van der Waals surface area contributed by atoms with Crippen LogP contribution in [0.3, 0.4) is 0 Å². The highest BCUT2D eigenvalue weighted by Crippen LogP contribution is 2.20. The SMILES string of the molecule is CCC(C)c1nn(C)cc1CO. The molecule has 68 valence electrons. The van der Waals surface area contributed by atoms with Crippen molar-refractivity contribution in [2.75, 3.05) is 0 Å². The third kappa shape index (κ3) is 1.67. The molecule has 0 saturated heterocycles. The summed E-state index contributed by atoms with van der Waals surface area (Å²) < 4.78 is 1.76.